The molecule has 0 unspecified atom stereocenters. The Morgan fingerprint density at radius 3 is 1.69 bits per heavy atom. The Hall–Kier alpha value is 0.819. The topological polar surface area (TPSA) is 0 Å². The van der Waals surface area contributed by atoms with Crippen molar-refractivity contribution in [2.24, 2.45) is 0 Å². The van der Waals surface area contributed by atoms with Crippen molar-refractivity contribution in [1.82, 2.24) is 0 Å². The van der Waals surface area contributed by atoms with E-state index in [1.54, 1.807) is 5.47 Å². The van der Waals surface area contributed by atoms with Crippen LogP contribution < -0.4 is 0 Å². The van der Waals surface area contributed by atoms with Crippen LogP contribution in [0.5, 0.6) is 0 Å². The lowest BCUT2D eigenvalue weighted by molar-refractivity contribution is 1.15. The smallest absolute Gasteiger partial charge is 0.141 e. The minimum atomic E-state index is -1.37. The molecule has 0 saturated carbocycles. The van der Waals surface area contributed by atoms with Crippen molar-refractivity contribution < 1.29 is 0 Å². The van der Waals surface area contributed by atoms with Crippen molar-refractivity contribution in [3.05, 3.63) is 10.3 Å². The highest BCUT2D eigenvalue weighted by atomic mass is 35.7. The van der Waals surface area contributed by atoms with Gasteiger partial charge in [0.2, 0.25) is 0 Å². The second-order valence-electron chi connectivity index (χ2n) is 5.28. The van der Waals surface area contributed by atoms with E-state index in [0.29, 0.717) is 6.71 Å². The molecular weight excluding hydrogens is 270 g/mol. The zero-order chi connectivity index (χ0) is 12.9. The fraction of sp³-hybridized carbons (Fsp3) is 0.818. The minimum Gasteiger partial charge on any atom is -0.141 e. The Morgan fingerprint density at radius 2 is 1.50 bits per heavy atom. The molecular formula is C11H24BCl2Si2. The van der Waals surface area contributed by atoms with Gasteiger partial charge in [0.05, 0.1) is 8.07 Å². The molecule has 0 heterocycles. The van der Waals surface area contributed by atoms with E-state index >= 15 is 0 Å². The Bertz CT molecular complexity index is 243. The minimum absolute atomic E-state index is 0.684. The highest BCUT2D eigenvalue weighted by molar-refractivity contribution is 7.41. The lowest BCUT2D eigenvalue weighted by Gasteiger charge is -2.28. The number of hydrogen-bond donors (Lipinski definition) is 0. The molecule has 16 heavy (non-hydrogen) atoms. The quantitative estimate of drug-likeness (QED) is 0.469. The molecule has 0 fully saturated rings. The maximum atomic E-state index is 6.30. The largest absolute Gasteiger partial charge is 0.298 e. The molecule has 0 aromatic carbocycles. The molecule has 0 aromatic rings. The Balaban J connectivity index is 5.50. The summed E-state index contributed by atoms with van der Waals surface area (Å²) in [5, 5.41) is 0. The lowest BCUT2D eigenvalue weighted by Crippen LogP contribution is -2.34. The zero-order valence-electron chi connectivity index (χ0n) is 11.5. The lowest BCUT2D eigenvalue weighted by atomic mass is 9.40. The van der Waals surface area contributed by atoms with E-state index in [-0.39, 0.29) is 0 Å². The molecule has 0 aliphatic heterocycles. The molecule has 0 nitrogen and oxygen atoms in total. The summed E-state index contributed by atoms with van der Waals surface area (Å²) in [6.07, 6.45) is 3.52. The first-order valence-corrected chi connectivity index (χ1v) is 13.2. The van der Waals surface area contributed by atoms with Crippen molar-refractivity contribution in [3.63, 3.8) is 0 Å². The summed E-state index contributed by atoms with van der Waals surface area (Å²) >= 11 is 12.6. The van der Waals surface area contributed by atoms with Crippen molar-refractivity contribution >= 4 is 44.4 Å². The van der Waals surface area contributed by atoms with E-state index < -0.39 is 15.5 Å². The van der Waals surface area contributed by atoms with Gasteiger partial charge in [0, 0.05) is 0 Å². The van der Waals surface area contributed by atoms with Crippen LogP contribution in [0, 0.1) is 0 Å². The summed E-state index contributed by atoms with van der Waals surface area (Å²) in [6.45, 7) is 14.5. The van der Waals surface area contributed by atoms with E-state index in [9.17, 15) is 0 Å². The number of allylic oxidation sites excluding steroid dienone is 1. The summed E-state index contributed by atoms with van der Waals surface area (Å²) in [5.41, 5.74) is 1.57. The summed E-state index contributed by atoms with van der Waals surface area (Å²) in [7, 11) is -2.69. The third kappa shape index (κ3) is 4.59. The highest BCUT2D eigenvalue weighted by Crippen LogP contribution is 2.30. The molecule has 0 saturated heterocycles. The molecule has 0 rings (SSSR count). The fourth-order valence-electron chi connectivity index (χ4n) is 2.34. The van der Waals surface area contributed by atoms with Crippen LogP contribution in [0.15, 0.2) is 10.3 Å². The first kappa shape index (κ1) is 16.8. The molecule has 0 N–H and O–H groups in total. The van der Waals surface area contributed by atoms with Gasteiger partial charge in [-0.3, -0.25) is 0 Å². The average Bonchev–Trinajstić information content (AvgIpc) is 2.15. The van der Waals surface area contributed by atoms with Gasteiger partial charge >= 0.3 is 0 Å². The fourth-order valence-corrected chi connectivity index (χ4v) is 12.4. The van der Waals surface area contributed by atoms with E-state index in [0.717, 1.165) is 6.42 Å². The molecule has 93 valence electrons. The van der Waals surface area contributed by atoms with Crippen molar-refractivity contribution in [1.29, 1.82) is 0 Å². The van der Waals surface area contributed by atoms with Gasteiger partial charge in [-0.25, -0.2) is 0 Å². The molecule has 0 aromatic heterocycles. The second-order valence-corrected chi connectivity index (χ2v) is 14.6. The molecule has 0 amide bonds. The van der Waals surface area contributed by atoms with Crippen molar-refractivity contribution in [2.75, 3.05) is 0 Å². The first-order valence-electron chi connectivity index (χ1n) is 6.21. The average molecular weight is 294 g/mol. The van der Waals surface area contributed by atoms with Gasteiger partial charge in [-0.2, -0.15) is 0 Å². The standard InChI is InChI=1S/C11H24BCl2Si2/c1-7-10(12(8-2)9-3)11(15(13)14)16(4,5)6/h7-9H2,1-6H3/b11-10-. The summed E-state index contributed by atoms with van der Waals surface area (Å²) < 4.78 is 0. The maximum Gasteiger partial charge on any atom is 0.298 e. The van der Waals surface area contributed by atoms with E-state index in [1.165, 1.54) is 17.5 Å². The van der Waals surface area contributed by atoms with Gasteiger partial charge in [0.1, 0.15) is 0 Å². The molecule has 0 atom stereocenters. The Kier molecular flexibility index (Phi) is 7.67. The second kappa shape index (κ2) is 7.30. The van der Waals surface area contributed by atoms with Gasteiger partial charge in [0.25, 0.3) is 7.42 Å². The van der Waals surface area contributed by atoms with Crippen LogP contribution in [0.2, 0.25) is 32.3 Å². The van der Waals surface area contributed by atoms with Gasteiger partial charge < -0.3 is 0 Å². The van der Waals surface area contributed by atoms with Crippen molar-refractivity contribution in [3.8, 4) is 0 Å². The van der Waals surface area contributed by atoms with Crippen LogP contribution >= 0.6 is 22.2 Å². The summed E-state index contributed by atoms with van der Waals surface area (Å²) in [5.74, 6) is 0. The van der Waals surface area contributed by atoms with E-state index in [4.69, 9.17) is 22.2 Å². The van der Waals surface area contributed by atoms with Gasteiger partial charge in [-0.05, 0) is 6.42 Å². The molecule has 0 spiro atoms. The SMILES string of the molecule is CCB(CC)/C(CC)=C(/[Si](Cl)Cl)[Si](C)(C)C. The van der Waals surface area contributed by atoms with Gasteiger partial charge in [-0.15, -0.1) is 27.6 Å². The Labute approximate surface area is 114 Å². The molecule has 5 heteroatoms. The predicted octanol–water partition coefficient (Wildman–Crippen LogP) is 5.15. The maximum absolute atomic E-state index is 6.30. The van der Waals surface area contributed by atoms with E-state index in [2.05, 4.69) is 40.4 Å². The molecule has 1 radical (unpaired) electrons. The summed E-state index contributed by atoms with van der Waals surface area (Å²) in [4.78, 5) is 1.47. The third-order valence-corrected chi connectivity index (χ3v) is 10.7. The molecule has 0 aliphatic carbocycles. The first-order chi connectivity index (χ1) is 7.29. The van der Waals surface area contributed by atoms with Crippen molar-refractivity contribution in [2.45, 2.75) is 59.5 Å². The Morgan fingerprint density at radius 1 is 1.06 bits per heavy atom. The monoisotopic (exact) mass is 293 g/mol. The zero-order valence-corrected chi connectivity index (χ0v) is 15.0. The predicted molar refractivity (Wildman–Crippen MR) is 84.8 cm³/mol. The highest BCUT2D eigenvalue weighted by Gasteiger charge is 2.31. The van der Waals surface area contributed by atoms with Crippen LogP contribution in [-0.4, -0.2) is 22.2 Å². The van der Waals surface area contributed by atoms with Gasteiger partial charge in [-0.1, -0.05) is 57.9 Å². The van der Waals surface area contributed by atoms with Gasteiger partial charge in [0.15, 0.2) is 6.71 Å². The number of halogens is 2. The van der Waals surface area contributed by atoms with Crippen LogP contribution in [-0.2, 0) is 0 Å². The normalized spacial score (nSPS) is 14.1. The van der Waals surface area contributed by atoms with Crippen LogP contribution in [0.1, 0.15) is 27.2 Å². The molecule has 0 bridgehead atoms. The number of hydrogen-bond acceptors (Lipinski definition) is 0. The van der Waals surface area contributed by atoms with E-state index in [1.807, 2.05) is 0 Å². The van der Waals surface area contributed by atoms with Crippen LogP contribution in [0.4, 0.5) is 0 Å². The van der Waals surface area contributed by atoms with Crippen LogP contribution in [0.3, 0.4) is 0 Å². The summed E-state index contributed by atoms with van der Waals surface area (Å²) in [6, 6.07) is 0. The third-order valence-electron chi connectivity index (χ3n) is 3.12. The number of rotatable bonds is 6. The van der Waals surface area contributed by atoms with Crippen LogP contribution in [0.25, 0.3) is 0 Å². The molecule has 0 aliphatic rings.